The SMILES string of the molecule is C#CCNC(=O)CN1CC(C)OC(C)(C)C1. The Kier molecular flexibility index (Phi) is 4.34. The molecule has 0 aromatic carbocycles. The van der Waals surface area contributed by atoms with Crippen LogP contribution in [0.1, 0.15) is 20.8 Å². The zero-order valence-electron chi connectivity index (χ0n) is 10.2. The molecule has 1 heterocycles. The first-order chi connectivity index (χ1) is 7.43. The molecule has 1 aliphatic rings. The number of ether oxygens (including phenoxy) is 1. The lowest BCUT2D eigenvalue weighted by Crippen LogP contribution is -2.54. The van der Waals surface area contributed by atoms with E-state index < -0.39 is 0 Å². The molecule has 0 aliphatic carbocycles. The van der Waals surface area contributed by atoms with Crippen molar-refractivity contribution in [1.29, 1.82) is 0 Å². The normalized spacial score (nSPS) is 24.8. The maximum atomic E-state index is 11.5. The minimum Gasteiger partial charge on any atom is -0.370 e. The van der Waals surface area contributed by atoms with Crippen molar-refractivity contribution >= 4 is 5.91 Å². The Hall–Kier alpha value is -1.05. The van der Waals surface area contributed by atoms with Crippen LogP contribution < -0.4 is 5.32 Å². The molecule has 1 amide bonds. The predicted molar refractivity (Wildman–Crippen MR) is 62.9 cm³/mol. The predicted octanol–water partition coefficient (Wildman–Crippen LogP) is 0.235. The van der Waals surface area contributed by atoms with Gasteiger partial charge in [-0.15, -0.1) is 6.42 Å². The number of hydrogen-bond acceptors (Lipinski definition) is 3. The molecular formula is C12H20N2O2. The molecule has 1 aliphatic heterocycles. The van der Waals surface area contributed by atoms with Gasteiger partial charge in [0, 0.05) is 13.1 Å². The van der Waals surface area contributed by atoms with Gasteiger partial charge in [-0.2, -0.15) is 0 Å². The van der Waals surface area contributed by atoms with Gasteiger partial charge >= 0.3 is 0 Å². The van der Waals surface area contributed by atoms with E-state index in [1.807, 2.05) is 20.8 Å². The van der Waals surface area contributed by atoms with Crippen LogP contribution in [0, 0.1) is 12.3 Å². The Bertz CT molecular complexity index is 294. The molecule has 0 aromatic heterocycles. The molecule has 4 heteroatoms. The first-order valence-electron chi connectivity index (χ1n) is 5.53. The number of rotatable bonds is 3. The van der Waals surface area contributed by atoms with Gasteiger partial charge in [0.05, 0.1) is 24.8 Å². The third-order valence-corrected chi connectivity index (χ3v) is 2.39. The molecule has 0 saturated carbocycles. The molecule has 16 heavy (non-hydrogen) atoms. The third-order valence-electron chi connectivity index (χ3n) is 2.39. The summed E-state index contributed by atoms with van der Waals surface area (Å²) in [5.41, 5.74) is -0.190. The van der Waals surface area contributed by atoms with Gasteiger partial charge in [-0.1, -0.05) is 5.92 Å². The van der Waals surface area contributed by atoms with Crippen LogP contribution in [-0.2, 0) is 9.53 Å². The van der Waals surface area contributed by atoms with Gasteiger partial charge in [0.25, 0.3) is 0 Å². The van der Waals surface area contributed by atoms with Crippen LogP contribution in [0.25, 0.3) is 0 Å². The molecule has 90 valence electrons. The maximum Gasteiger partial charge on any atom is 0.234 e. The van der Waals surface area contributed by atoms with E-state index in [0.29, 0.717) is 13.1 Å². The van der Waals surface area contributed by atoms with E-state index in [2.05, 4.69) is 16.1 Å². The maximum absolute atomic E-state index is 11.5. The van der Waals surface area contributed by atoms with Crippen LogP contribution in [0.3, 0.4) is 0 Å². The molecule has 1 N–H and O–H groups in total. The van der Waals surface area contributed by atoms with Gasteiger partial charge in [-0.05, 0) is 20.8 Å². The van der Waals surface area contributed by atoms with Crippen LogP contribution >= 0.6 is 0 Å². The summed E-state index contributed by atoms with van der Waals surface area (Å²) in [6, 6.07) is 0. The summed E-state index contributed by atoms with van der Waals surface area (Å²) in [6.07, 6.45) is 5.23. The van der Waals surface area contributed by atoms with Crippen molar-refractivity contribution in [2.75, 3.05) is 26.2 Å². The van der Waals surface area contributed by atoms with Crippen molar-refractivity contribution < 1.29 is 9.53 Å². The highest BCUT2D eigenvalue weighted by Gasteiger charge is 2.31. The minimum atomic E-state index is -0.190. The van der Waals surface area contributed by atoms with Gasteiger partial charge in [-0.3, -0.25) is 9.69 Å². The molecule has 1 atom stereocenters. The number of terminal acetylenes is 1. The van der Waals surface area contributed by atoms with E-state index in [4.69, 9.17) is 11.2 Å². The summed E-state index contributed by atoms with van der Waals surface area (Å²) in [5.74, 6) is 2.36. The van der Waals surface area contributed by atoms with Crippen molar-refractivity contribution in [3.05, 3.63) is 0 Å². The van der Waals surface area contributed by atoms with E-state index >= 15 is 0 Å². The Morgan fingerprint density at radius 2 is 2.38 bits per heavy atom. The summed E-state index contributed by atoms with van der Waals surface area (Å²) in [5, 5.41) is 2.66. The van der Waals surface area contributed by atoms with Gasteiger partial charge in [0.15, 0.2) is 0 Å². The first kappa shape index (κ1) is 13.0. The van der Waals surface area contributed by atoms with Gasteiger partial charge in [-0.25, -0.2) is 0 Å². The van der Waals surface area contributed by atoms with Crippen molar-refractivity contribution in [2.24, 2.45) is 0 Å². The van der Waals surface area contributed by atoms with Gasteiger partial charge < -0.3 is 10.1 Å². The summed E-state index contributed by atoms with van der Waals surface area (Å²) >= 11 is 0. The summed E-state index contributed by atoms with van der Waals surface area (Å²) in [7, 11) is 0. The Morgan fingerprint density at radius 1 is 1.69 bits per heavy atom. The standard InChI is InChI=1S/C12H20N2O2/c1-5-6-13-11(15)8-14-7-10(2)16-12(3,4)9-14/h1,10H,6-9H2,2-4H3,(H,13,15). The lowest BCUT2D eigenvalue weighted by atomic mass is 10.1. The second kappa shape index (κ2) is 5.33. The minimum absolute atomic E-state index is 0.0251. The van der Waals surface area contributed by atoms with Crippen molar-refractivity contribution in [2.45, 2.75) is 32.5 Å². The van der Waals surface area contributed by atoms with E-state index in [1.165, 1.54) is 0 Å². The topological polar surface area (TPSA) is 41.6 Å². The van der Waals surface area contributed by atoms with Crippen molar-refractivity contribution in [3.63, 3.8) is 0 Å². The average Bonchev–Trinajstić information content (AvgIpc) is 2.11. The number of carbonyl (C=O) groups excluding carboxylic acids is 1. The molecule has 1 saturated heterocycles. The second-order valence-corrected chi connectivity index (χ2v) is 4.84. The lowest BCUT2D eigenvalue weighted by molar-refractivity contribution is -0.139. The Labute approximate surface area is 97.3 Å². The van der Waals surface area contributed by atoms with Crippen molar-refractivity contribution in [3.8, 4) is 12.3 Å². The monoisotopic (exact) mass is 224 g/mol. The van der Waals surface area contributed by atoms with E-state index in [9.17, 15) is 4.79 Å². The van der Waals surface area contributed by atoms with Crippen LogP contribution in [0.5, 0.6) is 0 Å². The third kappa shape index (κ3) is 4.21. The second-order valence-electron chi connectivity index (χ2n) is 4.84. The fraction of sp³-hybridized carbons (Fsp3) is 0.750. The first-order valence-corrected chi connectivity index (χ1v) is 5.53. The Morgan fingerprint density at radius 3 is 2.94 bits per heavy atom. The molecule has 0 aromatic rings. The summed E-state index contributed by atoms with van der Waals surface area (Å²) < 4.78 is 5.76. The highest BCUT2D eigenvalue weighted by atomic mass is 16.5. The number of carbonyl (C=O) groups is 1. The lowest BCUT2D eigenvalue weighted by Gasteiger charge is -2.41. The number of nitrogens with zero attached hydrogens (tertiary/aromatic N) is 1. The number of hydrogen-bond donors (Lipinski definition) is 1. The molecule has 0 spiro atoms. The smallest absolute Gasteiger partial charge is 0.234 e. The average molecular weight is 224 g/mol. The molecule has 4 nitrogen and oxygen atoms in total. The molecule has 0 bridgehead atoms. The van der Waals surface area contributed by atoms with Crippen molar-refractivity contribution in [1.82, 2.24) is 10.2 Å². The molecule has 0 radical (unpaired) electrons. The quantitative estimate of drug-likeness (QED) is 0.698. The molecular weight excluding hydrogens is 204 g/mol. The van der Waals surface area contributed by atoms with Gasteiger partial charge in [0.1, 0.15) is 0 Å². The number of amides is 1. The number of nitrogens with one attached hydrogen (secondary N) is 1. The molecule has 1 fully saturated rings. The van der Waals surface area contributed by atoms with Gasteiger partial charge in [0.2, 0.25) is 5.91 Å². The summed E-state index contributed by atoms with van der Waals surface area (Å²) in [6.45, 7) is 8.33. The number of morpholine rings is 1. The van der Waals surface area contributed by atoms with Crippen LogP contribution in [0.4, 0.5) is 0 Å². The van der Waals surface area contributed by atoms with E-state index in [1.54, 1.807) is 0 Å². The fourth-order valence-corrected chi connectivity index (χ4v) is 2.11. The van der Waals surface area contributed by atoms with Crippen LogP contribution in [0.15, 0.2) is 0 Å². The summed E-state index contributed by atoms with van der Waals surface area (Å²) in [4.78, 5) is 13.6. The molecule has 1 unspecified atom stereocenters. The highest BCUT2D eigenvalue weighted by Crippen LogP contribution is 2.20. The highest BCUT2D eigenvalue weighted by molar-refractivity contribution is 5.78. The zero-order chi connectivity index (χ0) is 12.2. The van der Waals surface area contributed by atoms with Crippen LogP contribution in [-0.4, -0.2) is 48.7 Å². The Balaban J connectivity index is 2.42. The fourth-order valence-electron chi connectivity index (χ4n) is 2.11. The van der Waals surface area contributed by atoms with E-state index in [0.717, 1.165) is 13.1 Å². The largest absolute Gasteiger partial charge is 0.370 e. The zero-order valence-corrected chi connectivity index (χ0v) is 10.2. The van der Waals surface area contributed by atoms with Crippen LogP contribution in [0.2, 0.25) is 0 Å². The van der Waals surface area contributed by atoms with E-state index in [-0.39, 0.29) is 17.6 Å². The molecule has 1 rings (SSSR count).